The fourth-order valence-corrected chi connectivity index (χ4v) is 13.1. The number of aliphatic hydroxyl groups is 1. The van der Waals surface area contributed by atoms with Crippen LogP contribution in [0.3, 0.4) is 0 Å². The van der Waals surface area contributed by atoms with Crippen molar-refractivity contribution in [2.45, 2.75) is 166 Å². The molecular weight excluding hydrogens is 731 g/mol. The number of imide groups is 2. The van der Waals surface area contributed by atoms with Gasteiger partial charge in [0.25, 0.3) is 0 Å². The molecule has 11 heteroatoms. The van der Waals surface area contributed by atoms with Crippen molar-refractivity contribution in [3.05, 3.63) is 11.1 Å². The zero-order valence-corrected chi connectivity index (χ0v) is 35.8. The molecule has 0 radical (unpaired) electrons. The molecule has 4 aliphatic carbocycles. The molecule has 2 N–H and O–H groups in total. The number of hydrogen-bond donors (Lipinski definition) is 2. The van der Waals surface area contributed by atoms with Crippen LogP contribution in [0.15, 0.2) is 11.1 Å². The Kier molecular flexibility index (Phi) is 14.4. The van der Waals surface area contributed by atoms with Gasteiger partial charge in [-0.1, -0.05) is 37.3 Å². The smallest absolute Gasteiger partial charge is 0.249 e. The van der Waals surface area contributed by atoms with Crippen molar-refractivity contribution in [2.75, 3.05) is 59.0 Å². The number of nitrogens with zero attached hydrogens (tertiary/aromatic N) is 4. The number of rotatable bonds is 12. The van der Waals surface area contributed by atoms with Crippen LogP contribution in [0.2, 0.25) is 0 Å². The maximum atomic E-state index is 13.5. The number of nitrogens with one attached hydrogen (secondary N) is 1. The van der Waals surface area contributed by atoms with E-state index in [9.17, 15) is 24.3 Å². The molecule has 324 valence electrons. The number of carbonyl (C=O) groups excluding carboxylic acids is 4. The average Bonchev–Trinajstić information content (AvgIpc) is 3.49. The zero-order chi connectivity index (χ0) is 40.2. The second-order valence-electron chi connectivity index (χ2n) is 19.8. The van der Waals surface area contributed by atoms with Gasteiger partial charge in [0.2, 0.25) is 23.6 Å². The van der Waals surface area contributed by atoms with Crippen LogP contribution in [0.1, 0.15) is 142 Å². The summed E-state index contributed by atoms with van der Waals surface area (Å²) >= 11 is 0. The first-order valence-corrected chi connectivity index (χ1v) is 24.2. The molecule has 4 saturated heterocycles. The van der Waals surface area contributed by atoms with Gasteiger partial charge >= 0.3 is 0 Å². The number of amides is 4. The number of fused-ring (bicyclic) bond motifs is 1. The highest BCUT2D eigenvalue weighted by Crippen LogP contribution is 2.46. The number of carbonyl (C=O) groups is 4. The summed E-state index contributed by atoms with van der Waals surface area (Å²) in [5, 5.41) is 12.6. The first kappa shape index (κ1) is 42.5. The highest BCUT2D eigenvalue weighted by Gasteiger charge is 2.54. The van der Waals surface area contributed by atoms with E-state index in [4.69, 9.17) is 4.74 Å². The topological polar surface area (TPSA) is 123 Å². The molecule has 11 nitrogen and oxygen atoms in total. The molecule has 4 atom stereocenters. The standard InChI is InChI=1S/C47H75N5O6/c1-2-39(33-6-4-3-5-7-33)44(34-8-13-37(53)14-9-34)35-10-15-38(16-11-35)58-29-28-49-22-20-32(21-23-49)31-50-24-26-51(27-25-50)36-12-17-40-41(30-36)47(57)52(46(40)56)42-18-19-43(54)48-45(42)55/h32-38,40-42,53H,2-31H2,1H3,(H,48,54,55)/b44-39-. The fraction of sp³-hybridized carbons (Fsp3) is 0.872. The number of hydrogen-bond acceptors (Lipinski definition) is 9. The normalized spacial score (nSPS) is 36.2. The molecule has 0 spiro atoms. The molecule has 0 aromatic carbocycles. The molecule has 0 aromatic heterocycles. The van der Waals surface area contributed by atoms with E-state index in [-0.39, 0.29) is 48.5 Å². The molecule has 4 amide bonds. The van der Waals surface area contributed by atoms with Crippen LogP contribution < -0.4 is 5.32 Å². The van der Waals surface area contributed by atoms with E-state index in [2.05, 4.69) is 26.9 Å². The third-order valence-electron chi connectivity index (χ3n) is 16.5. The van der Waals surface area contributed by atoms with Crippen LogP contribution in [-0.4, -0.2) is 132 Å². The second-order valence-corrected chi connectivity index (χ2v) is 19.8. The zero-order valence-electron chi connectivity index (χ0n) is 35.8. The van der Waals surface area contributed by atoms with E-state index >= 15 is 0 Å². The van der Waals surface area contributed by atoms with Gasteiger partial charge in [0, 0.05) is 51.7 Å². The van der Waals surface area contributed by atoms with Gasteiger partial charge in [-0.2, -0.15) is 0 Å². The minimum absolute atomic E-state index is 0.0847. The number of allylic oxidation sites excluding steroid dienone is 2. The van der Waals surface area contributed by atoms with Crippen molar-refractivity contribution in [3.8, 4) is 0 Å². The predicted molar refractivity (Wildman–Crippen MR) is 223 cm³/mol. The Bertz CT molecular complexity index is 1470. The summed E-state index contributed by atoms with van der Waals surface area (Å²) in [5.41, 5.74) is 3.69. The van der Waals surface area contributed by atoms with Crippen molar-refractivity contribution in [2.24, 2.45) is 35.5 Å². The highest BCUT2D eigenvalue weighted by atomic mass is 16.5. The molecule has 0 bridgehead atoms. The Hall–Kier alpha value is -2.18. The molecule has 4 heterocycles. The van der Waals surface area contributed by atoms with Crippen molar-refractivity contribution in [1.29, 1.82) is 0 Å². The van der Waals surface area contributed by atoms with E-state index in [1.165, 1.54) is 114 Å². The Morgan fingerprint density at radius 2 is 1.36 bits per heavy atom. The van der Waals surface area contributed by atoms with Gasteiger partial charge in [-0.25, -0.2) is 0 Å². The van der Waals surface area contributed by atoms with Gasteiger partial charge in [0.05, 0.1) is 30.7 Å². The summed E-state index contributed by atoms with van der Waals surface area (Å²) in [6.07, 6.45) is 23.0. The predicted octanol–water partition coefficient (Wildman–Crippen LogP) is 5.69. The van der Waals surface area contributed by atoms with Crippen molar-refractivity contribution >= 4 is 23.6 Å². The fourth-order valence-electron chi connectivity index (χ4n) is 13.1. The number of likely N-dealkylation sites (tertiary alicyclic amines) is 2. The lowest BCUT2D eigenvalue weighted by Gasteiger charge is -2.43. The molecule has 4 unspecified atom stereocenters. The lowest BCUT2D eigenvalue weighted by atomic mass is 9.68. The monoisotopic (exact) mass is 806 g/mol. The van der Waals surface area contributed by atoms with E-state index in [1.807, 2.05) is 11.1 Å². The van der Waals surface area contributed by atoms with Crippen LogP contribution in [0, 0.1) is 35.5 Å². The first-order chi connectivity index (χ1) is 28.2. The third kappa shape index (κ3) is 9.79. The van der Waals surface area contributed by atoms with E-state index in [1.54, 1.807) is 0 Å². The number of ether oxygens (including phenoxy) is 1. The molecule has 58 heavy (non-hydrogen) atoms. The largest absolute Gasteiger partial charge is 0.393 e. The maximum Gasteiger partial charge on any atom is 0.249 e. The number of aliphatic hydroxyl groups excluding tert-OH is 1. The van der Waals surface area contributed by atoms with Crippen molar-refractivity contribution < 1.29 is 29.0 Å². The molecule has 8 rings (SSSR count). The van der Waals surface area contributed by atoms with Crippen molar-refractivity contribution in [3.63, 3.8) is 0 Å². The van der Waals surface area contributed by atoms with Crippen molar-refractivity contribution in [1.82, 2.24) is 24.9 Å². The summed E-state index contributed by atoms with van der Waals surface area (Å²) in [6, 6.07) is -0.541. The Morgan fingerprint density at radius 3 is 2.03 bits per heavy atom. The molecule has 8 aliphatic rings. The first-order valence-electron chi connectivity index (χ1n) is 24.2. The summed E-state index contributed by atoms with van der Waals surface area (Å²) in [5.74, 6) is 1.05. The van der Waals surface area contributed by atoms with Gasteiger partial charge in [0.1, 0.15) is 6.04 Å². The Balaban J connectivity index is 0.722. The van der Waals surface area contributed by atoms with Gasteiger partial charge in [-0.05, 0) is 146 Å². The summed E-state index contributed by atoms with van der Waals surface area (Å²) in [4.78, 5) is 60.0. The lowest BCUT2D eigenvalue weighted by molar-refractivity contribution is -0.151. The maximum absolute atomic E-state index is 13.5. The van der Waals surface area contributed by atoms with Crippen LogP contribution in [0.5, 0.6) is 0 Å². The quantitative estimate of drug-likeness (QED) is 0.189. The second kappa shape index (κ2) is 19.7. The SMILES string of the molecule is CC/C(=C(\C1CCC(O)CC1)C1CCC(OCCN2CCC(CN3CCN(C4CCC5C(=O)N(C6CCC(=O)NC6=O)C(=O)C5C4)CC3)CC2)CC1)C1CCCCC1. The molecule has 4 aliphatic heterocycles. The van der Waals surface area contributed by atoms with Gasteiger partial charge in [0.15, 0.2) is 0 Å². The summed E-state index contributed by atoms with van der Waals surface area (Å²) in [6.45, 7) is 11.9. The minimum Gasteiger partial charge on any atom is -0.393 e. The van der Waals surface area contributed by atoms with E-state index < -0.39 is 11.9 Å². The summed E-state index contributed by atoms with van der Waals surface area (Å²) in [7, 11) is 0. The number of piperazine rings is 1. The van der Waals surface area contributed by atoms with Crippen LogP contribution >= 0.6 is 0 Å². The lowest BCUT2D eigenvalue weighted by Crippen LogP contribution is -2.54. The third-order valence-corrected chi connectivity index (χ3v) is 16.5. The highest BCUT2D eigenvalue weighted by molar-refractivity contribution is 6.10. The average molecular weight is 806 g/mol. The van der Waals surface area contributed by atoms with Gasteiger partial charge < -0.3 is 19.6 Å². The van der Waals surface area contributed by atoms with Crippen LogP contribution in [0.25, 0.3) is 0 Å². The van der Waals surface area contributed by atoms with Gasteiger partial charge in [-0.3, -0.25) is 34.3 Å². The minimum atomic E-state index is -0.842. The number of piperidine rings is 2. The Morgan fingerprint density at radius 1 is 0.690 bits per heavy atom. The van der Waals surface area contributed by atoms with E-state index in [0.717, 1.165) is 76.3 Å². The van der Waals surface area contributed by atoms with Crippen LogP contribution in [-0.2, 0) is 23.9 Å². The molecule has 4 saturated carbocycles. The summed E-state index contributed by atoms with van der Waals surface area (Å²) < 4.78 is 6.59. The molecule has 8 fully saturated rings. The van der Waals surface area contributed by atoms with E-state index in [0.29, 0.717) is 30.9 Å². The van der Waals surface area contributed by atoms with Gasteiger partial charge in [-0.15, -0.1) is 0 Å². The molecular formula is C47H75N5O6. The molecule has 0 aromatic rings. The Labute approximate surface area is 348 Å². The van der Waals surface area contributed by atoms with Crippen LogP contribution in [0.4, 0.5) is 0 Å².